The molecule has 0 aromatic heterocycles. The average Bonchev–Trinajstić information content (AvgIpc) is 2.88. The van der Waals surface area contributed by atoms with Crippen molar-refractivity contribution in [3.8, 4) is 0 Å². The van der Waals surface area contributed by atoms with E-state index in [1.165, 1.54) is 0 Å². The Morgan fingerprint density at radius 2 is 1.88 bits per heavy atom. The fourth-order valence-electron chi connectivity index (χ4n) is 2.54. The van der Waals surface area contributed by atoms with Gasteiger partial charge < -0.3 is 10.6 Å². The van der Waals surface area contributed by atoms with Crippen LogP contribution in [-0.2, 0) is 16.0 Å². The minimum absolute atomic E-state index is 0.143. The molecule has 2 aromatic rings. The number of nitrogens with one attached hydrogen (secondary N) is 3. The third kappa shape index (κ3) is 3.60. The molecule has 1 heterocycles. The van der Waals surface area contributed by atoms with Gasteiger partial charge in [0.2, 0.25) is 5.91 Å². The van der Waals surface area contributed by atoms with Crippen molar-refractivity contribution in [2.75, 3.05) is 5.32 Å². The molecule has 6 nitrogen and oxygen atoms in total. The molecule has 2 aromatic carbocycles. The number of urea groups is 1. The molecule has 24 heavy (non-hydrogen) atoms. The van der Waals surface area contributed by atoms with Gasteiger partial charge in [-0.3, -0.25) is 14.9 Å². The van der Waals surface area contributed by atoms with Crippen LogP contribution >= 0.6 is 0 Å². The molecule has 1 unspecified atom stereocenters. The number of carbonyl (C=O) groups is 3. The summed E-state index contributed by atoms with van der Waals surface area (Å²) >= 11 is 0. The first-order valence-electron chi connectivity index (χ1n) is 7.58. The Labute approximate surface area is 139 Å². The van der Waals surface area contributed by atoms with Crippen LogP contribution in [0.15, 0.2) is 48.5 Å². The molecule has 1 aliphatic heterocycles. The summed E-state index contributed by atoms with van der Waals surface area (Å²) in [5.74, 6) is -0.543. The standard InChI is InChI=1S/C18H17N3O3/c1-11-5-7-12(8-6-11)9-15(22)19-14-4-2-3-13(10-14)16-17(23)21-18(24)20-16/h2-8,10,16H,9H2,1H3,(H,19,22)(H2,20,21,23,24). The highest BCUT2D eigenvalue weighted by Gasteiger charge is 2.30. The van der Waals surface area contributed by atoms with Crippen LogP contribution in [0.4, 0.5) is 10.5 Å². The number of rotatable bonds is 4. The molecule has 0 radical (unpaired) electrons. The maximum absolute atomic E-state index is 12.2. The second-order valence-electron chi connectivity index (χ2n) is 5.73. The maximum Gasteiger partial charge on any atom is 0.322 e. The zero-order valence-electron chi connectivity index (χ0n) is 13.1. The lowest BCUT2D eigenvalue weighted by Gasteiger charge is -2.11. The number of imide groups is 1. The topological polar surface area (TPSA) is 87.3 Å². The minimum atomic E-state index is -0.730. The van der Waals surface area contributed by atoms with Gasteiger partial charge in [0.15, 0.2) is 0 Å². The SMILES string of the molecule is Cc1ccc(CC(=O)Nc2cccc(C3NC(=O)NC3=O)c2)cc1. The third-order valence-corrected chi connectivity index (χ3v) is 3.76. The van der Waals surface area contributed by atoms with E-state index in [1.807, 2.05) is 31.2 Å². The predicted molar refractivity (Wildman–Crippen MR) is 89.4 cm³/mol. The van der Waals surface area contributed by atoms with E-state index in [0.717, 1.165) is 11.1 Å². The Balaban J connectivity index is 1.68. The van der Waals surface area contributed by atoms with Crippen LogP contribution in [0.3, 0.4) is 0 Å². The lowest BCUT2D eigenvalue weighted by molar-refractivity contribution is -0.120. The fraction of sp³-hybridized carbons (Fsp3) is 0.167. The van der Waals surface area contributed by atoms with Crippen LogP contribution in [0.25, 0.3) is 0 Å². The molecule has 3 N–H and O–H groups in total. The number of aryl methyl sites for hydroxylation is 1. The van der Waals surface area contributed by atoms with E-state index in [0.29, 0.717) is 11.3 Å². The van der Waals surface area contributed by atoms with E-state index in [4.69, 9.17) is 0 Å². The number of benzene rings is 2. The molecule has 1 aliphatic rings. The highest BCUT2D eigenvalue weighted by atomic mass is 16.2. The minimum Gasteiger partial charge on any atom is -0.326 e. The van der Waals surface area contributed by atoms with Gasteiger partial charge in [-0.2, -0.15) is 0 Å². The highest BCUT2D eigenvalue weighted by molar-refractivity contribution is 6.04. The van der Waals surface area contributed by atoms with Crippen molar-refractivity contribution >= 4 is 23.5 Å². The first-order valence-corrected chi connectivity index (χ1v) is 7.58. The van der Waals surface area contributed by atoms with Crippen molar-refractivity contribution in [2.45, 2.75) is 19.4 Å². The second-order valence-corrected chi connectivity index (χ2v) is 5.73. The van der Waals surface area contributed by atoms with E-state index in [1.54, 1.807) is 24.3 Å². The van der Waals surface area contributed by atoms with Crippen molar-refractivity contribution in [2.24, 2.45) is 0 Å². The first kappa shape index (κ1) is 15.7. The summed E-state index contributed by atoms with van der Waals surface area (Å²) in [4.78, 5) is 35.1. The molecule has 0 spiro atoms. The Hall–Kier alpha value is -3.15. The first-order chi connectivity index (χ1) is 11.5. The van der Waals surface area contributed by atoms with Gasteiger partial charge in [0.25, 0.3) is 5.91 Å². The summed E-state index contributed by atoms with van der Waals surface area (Å²) in [6, 6.07) is 13.4. The summed E-state index contributed by atoms with van der Waals surface area (Å²) in [6.45, 7) is 1.99. The van der Waals surface area contributed by atoms with Gasteiger partial charge in [-0.05, 0) is 30.2 Å². The number of amides is 4. The molecule has 1 fully saturated rings. The normalized spacial score (nSPS) is 16.5. The van der Waals surface area contributed by atoms with Gasteiger partial charge >= 0.3 is 6.03 Å². The lowest BCUT2D eigenvalue weighted by Crippen LogP contribution is -2.22. The molecular weight excluding hydrogens is 306 g/mol. The third-order valence-electron chi connectivity index (χ3n) is 3.76. The van der Waals surface area contributed by atoms with Crippen molar-refractivity contribution in [3.05, 3.63) is 65.2 Å². The number of hydrogen-bond donors (Lipinski definition) is 3. The number of carbonyl (C=O) groups excluding carboxylic acids is 3. The smallest absolute Gasteiger partial charge is 0.322 e. The van der Waals surface area contributed by atoms with Gasteiger partial charge in [-0.15, -0.1) is 0 Å². The zero-order chi connectivity index (χ0) is 17.1. The Kier molecular flexibility index (Phi) is 4.29. The summed E-state index contributed by atoms with van der Waals surface area (Å²) < 4.78 is 0. The summed E-state index contributed by atoms with van der Waals surface area (Å²) in [5, 5.41) is 7.53. The molecule has 0 aliphatic carbocycles. The van der Waals surface area contributed by atoms with Crippen molar-refractivity contribution in [3.63, 3.8) is 0 Å². The van der Waals surface area contributed by atoms with Crippen LogP contribution in [0.1, 0.15) is 22.7 Å². The molecule has 3 rings (SSSR count). The molecule has 0 bridgehead atoms. The largest absolute Gasteiger partial charge is 0.326 e. The lowest BCUT2D eigenvalue weighted by atomic mass is 10.1. The van der Waals surface area contributed by atoms with Gasteiger partial charge in [0.05, 0.1) is 6.42 Å². The van der Waals surface area contributed by atoms with Crippen molar-refractivity contribution in [1.82, 2.24) is 10.6 Å². The number of hydrogen-bond acceptors (Lipinski definition) is 3. The Bertz CT molecular complexity index is 799. The van der Waals surface area contributed by atoms with Crippen LogP contribution in [0.5, 0.6) is 0 Å². The van der Waals surface area contributed by atoms with Crippen LogP contribution in [0.2, 0.25) is 0 Å². The molecular formula is C18H17N3O3. The quantitative estimate of drug-likeness (QED) is 0.753. The molecule has 1 saturated heterocycles. The van der Waals surface area contributed by atoms with E-state index >= 15 is 0 Å². The van der Waals surface area contributed by atoms with E-state index < -0.39 is 18.0 Å². The molecule has 6 heteroatoms. The summed E-state index contributed by atoms with van der Waals surface area (Å²) in [7, 11) is 0. The Morgan fingerprint density at radius 1 is 1.12 bits per heavy atom. The molecule has 4 amide bonds. The monoisotopic (exact) mass is 323 g/mol. The summed E-state index contributed by atoms with van der Waals surface area (Å²) in [6.07, 6.45) is 0.269. The fourth-order valence-corrected chi connectivity index (χ4v) is 2.54. The van der Waals surface area contributed by atoms with Crippen LogP contribution < -0.4 is 16.0 Å². The Morgan fingerprint density at radius 3 is 2.54 bits per heavy atom. The van der Waals surface area contributed by atoms with Crippen LogP contribution in [-0.4, -0.2) is 17.8 Å². The maximum atomic E-state index is 12.2. The van der Waals surface area contributed by atoms with Gasteiger partial charge in [0, 0.05) is 5.69 Å². The number of anilines is 1. The van der Waals surface area contributed by atoms with Gasteiger partial charge in [0.1, 0.15) is 6.04 Å². The average molecular weight is 323 g/mol. The molecule has 122 valence electrons. The predicted octanol–water partition coefficient (Wildman–Crippen LogP) is 2.06. The molecule has 0 saturated carbocycles. The van der Waals surface area contributed by atoms with Crippen molar-refractivity contribution < 1.29 is 14.4 Å². The zero-order valence-corrected chi connectivity index (χ0v) is 13.1. The van der Waals surface area contributed by atoms with Gasteiger partial charge in [-0.25, -0.2) is 4.79 Å². The summed E-state index contributed by atoms with van der Waals surface area (Å²) in [5.41, 5.74) is 3.27. The molecule has 1 atom stereocenters. The second kappa shape index (κ2) is 6.54. The van der Waals surface area contributed by atoms with Gasteiger partial charge in [-0.1, -0.05) is 42.0 Å². The highest BCUT2D eigenvalue weighted by Crippen LogP contribution is 2.20. The van der Waals surface area contributed by atoms with E-state index in [-0.39, 0.29) is 12.3 Å². The van der Waals surface area contributed by atoms with E-state index in [2.05, 4.69) is 16.0 Å². The van der Waals surface area contributed by atoms with Crippen molar-refractivity contribution in [1.29, 1.82) is 0 Å². The van der Waals surface area contributed by atoms with Crippen LogP contribution in [0, 0.1) is 6.92 Å². The van der Waals surface area contributed by atoms with E-state index in [9.17, 15) is 14.4 Å².